The number of hydrogen-bond acceptors (Lipinski definition) is 0. The van der Waals surface area contributed by atoms with Gasteiger partial charge in [-0.2, -0.15) is 26.1 Å². The summed E-state index contributed by atoms with van der Waals surface area (Å²) in [5, 5.41) is 0. The van der Waals surface area contributed by atoms with E-state index >= 15 is 0 Å². The van der Waals surface area contributed by atoms with Gasteiger partial charge in [0.15, 0.2) is 0 Å². The molecule has 0 bridgehead atoms. The van der Waals surface area contributed by atoms with Crippen molar-refractivity contribution in [3.05, 3.63) is 30.2 Å². The Kier molecular flexibility index (Phi) is 43.3. The summed E-state index contributed by atoms with van der Waals surface area (Å²) < 4.78 is 0. The van der Waals surface area contributed by atoms with Crippen molar-refractivity contribution in [1.82, 2.24) is 0 Å². The summed E-state index contributed by atoms with van der Waals surface area (Å²) in [4.78, 5) is 0. The van der Waals surface area contributed by atoms with Crippen LogP contribution in [0.15, 0.2) is 18.2 Å². The van der Waals surface area contributed by atoms with Crippen LogP contribution in [0.2, 0.25) is 0 Å². The molecule has 1 aliphatic rings. The Morgan fingerprint density at radius 2 is 1.69 bits per heavy atom. The van der Waals surface area contributed by atoms with Crippen molar-refractivity contribution >= 4 is 7.92 Å². The van der Waals surface area contributed by atoms with E-state index in [4.69, 9.17) is 0 Å². The van der Waals surface area contributed by atoms with Gasteiger partial charge in [-0.1, -0.05) is 0 Å². The third-order valence-corrected chi connectivity index (χ3v) is 2.48. The molecule has 95 valence electrons. The van der Waals surface area contributed by atoms with E-state index < -0.39 is 0 Å². The van der Waals surface area contributed by atoms with Gasteiger partial charge in [-0.05, 0) is 13.3 Å². The van der Waals surface area contributed by atoms with Crippen LogP contribution in [0.5, 0.6) is 0 Å². The molecule has 1 aliphatic carbocycles. The van der Waals surface area contributed by atoms with E-state index in [1.54, 1.807) is 5.92 Å². The summed E-state index contributed by atoms with van der Waals surface area (Å²) in [6, 6.07) is 0. The fourth-order valence-corrected chi connectivity index (χ4v) is 2.24. The summed E-state index contributed by atoms with van der Waals surface area (Å²) in [7, 11) is 0.323. The maximum absolute atomic E-state index is 2.99. The molecule has 0 saturated heterocycles. The average Bonchev–Trinajstić information content (AvgIpc) is 2.36. The molecule has 0 aromatic rings. The molecule has 0 atom stereocenters. The van der Waals surface area contributed by atoms with Crippen LogP contribution in [0.25, 0.3) is 0 Å². The molecule has 0 aliphatic heterocycles. The van der Waals surface area contributed by atoms with Gasteiger partial charge in [0.05, 0.1) is 0 Å². The molecule has 1 radical (unpaired) electrons. The Labute approximate surface area is 153 Å². The quantitative estimate of drug-likeness (QED) is 0.256. The van der Waals surface area contributed by atoms with Crippen molar-refractivity contribution in [1.29, 1.82) is 0 Å². The molecule has 0 amide bonds. The van der Waals surface area contributed by atoms with Crippen LogP contribution in [0.1, 0.15) is 20.3 Å². The molecule has 5 heteroatoms. The molecule has 0 aromatic carbocycles. The van der Waals surface area contributed by atoms with Crippen molar-refractivity contribution < 1.29 is 77.1 Å². The molecule has 0 heterocycles. The third-order valence-electron chi connectivity index (χ3n) is 1.22. The van der Waals surface area contributed by atoms with Gasteiger partial charge in [0.1, 0.15) is 0 Å². The second kappa shape index (κ2) is 22.4. The Morgan fingerprint density at radius 1 is 1.19 bits per heavy atom. The monoisotopic (exact) mass is 509 g/mol. The molecule has 16 heavy (non-hydrogen) atoms. The van der Waals surface area contributed by atoms with Crippen LogP contribution in [0, 0.1) is 12.0 Å². The number of halogens is 3. The molecule has 0 spiro atoms. The van der Waals surface area contributed by atoms with E-state index in [-0.39, 0.29) is 77.1 Å². The topological polar surface area (TPSA) is 0 Å². The van der Waals surface area contributed by atoms with Crippen molar-refractivity contribution in [2.24, 2.45) is 0 Å². The van der Waals surface area contributed by atoms with Gasteiger partial charge in [-0.3, -0.25) is 6.08 Å². The summed E-state index contributed by atoms with van der Waals surface area (Å²) in [5.74, 6) is 1.57. The first kappa shape index (κ1) is 30.9. The van der Waals surface area contributed by atoms with Gasteiger partial charge in [0, 0.05) is 0 Å². The molecule has 0 saturated carbocycles. The van der Waals surface area contributed by atoms with E-state index in [0.717, 1.165) is 6.42 Å². The van der Waals surface area contributed by atoms with E-state index in [1.807, 2.05) is 12.2 Å². The maximum Gasteiger partial charge on any atom is 3.00 e. The standard InChI is InChI=1S/C6H14P.C5H5.3BrH.Zr/c1-6(2)5-7(3)4;1-2-4-5-3-1;;;;/h5H2,1-4H3;1-3H,4H2;3*1H;/q2*-1;;;;+3/p-3. The Bertz CT molecular complexity index is 143. The summed E-state index contributed by atoms with van der Waals surface area (Å²) >= 11 is 0. The van der Waals surface area contributed by atoms with Crippen molar-refractivity contribution in [3.8, 4) is 0 Å². The van der Waals surface area contributed by atoms with Crippen LogP contribution in [0.3, 0.4) is 0 Å². The van der Waals surface area contributed by atoms with Crippen molar-refractivity contribution in [2.45, 2.75) is 20.3 Å². The fourth-order valence-electron chi connectivity index (χ4n) is 0.973. The van der Waals surface area contributed by atoms with E-state index in [1.165, 1.54) is 6.16 Å². The summed E-state index contributed by atoms with van der Waals surface area (Å²) in [5.41, 5.74) is 0. The molecular formula is C11H19Br3PZr-2. The van der Waals surface area contributed by atoms with Crippen molar-refractivity contribution in [3.63, 3.8) is 0 Å². The minimum Gasteiger partial charge on any atom is -1.00 e. The second-order valence-electron chi connectivity index (χ2n) is 3.45. The number of allylic oxidation sites excluding steroid dienone is 4. The van der Waals surface area contributed by atoms with Crippen LogP contribution in [-0.4, -0.2) is 19.5 Å². The minimum atomic E-state index is 0. The fraction of sp³-hybridized carbons (Fsp3) is 0.545. The van der Waals surface area contributed by atoms with Crippen LogP contribution < -0.4 is 50.9 Å². The third kappa shape index (κ3) is 29.9. The van der Waals surface area contributed by atoms with Gasteiger partial charge in [-0.25, -0.2) is 12.2 Å². The zero-order chi connectivity index (χ0) is 9.40. The normalized spacial score (nSPS) is 10.4. The summed E-state index contributed by atoms with van der Waals surface area (Å²) in [6.07, 6.45) is 11.3. The Hall–Kier alpha value is 2.23. The molecule has 1 rings (SSSR count). The maximum atomic E-state index is 2.99. The van der Waals surface area contributed by atoms with Gasteiger partial charge in [-0.15, -0.1) is 14.3 Å². The zero-order valence-electron chi connectivity index (χ0n) is 10.2. The Balaban J connectivity index is -0.0000000411. The van der Waals surface area contributed by atoms with Gasteiger partial charge in [0.25, 0.3) is 0 Å². The van der Waals surface area contributed by atoms with Gasteiger partial charge in [0.2, 0.25) is 0 Å². The predicted molar refractivity (Wildman–Crippen MR) is 59.8 cm³/mol. The molecule has 0 nitrogen and oxygen atoms in total. The van der Waals surface area contributed by atoms with E-state index in [0.29, 0.717) is 7.92 Å². The number of rotatable bonds is 2. The smallest absolute Gasteiger partial charge is 1.00 e. The summed E-state index contributed by atoms with van der Waals surface area (Å²) in [6.45, 7) is 9.01. The Morgan fingerprint density at radius 3 is 1.75 bits per heavy atom. The van der Waals surface area contributed by atoms with Crippen LogP contribution in [-0.2, 0) is 26.2 Å². The predicted octanol–water partition coefficient (Wildman–Crippen LogP) is -5.34. The first-order valence-electron chi connectivity index (χ1n) is 4.28. The van der Waals surface area contributed by atoms with Crippen LogP contribution >= 0.6 is 7.92 Å². The number of hydrogen-bond donors (Lipinski definition) is 0. The van der Waals surface area contributed by atoms with Gasteiger partial charge >= 0.3 is 26.2 Å². The largest absolute Gasteiger partial charge is 3.00 e. The molecular weight excluding hydrogens is 494 g/mol. The van der Waals surface area contributed by atoms with Crippen molar-refractivity contribution in [2.75, 3.05) is 19.5 Å². The first-order valence-corrected chi connectivity index (χ1v) is 6.70. The second-order valence-corrected chi connectivity index (χ2v) is 5.92. The minimum absolute atomic E-state index is 0. The first-order chi connectivity index (χ1) is 5.63. The van der Waals surface area contributed by atoms with E-state index in [2.05, 4.69) is 39.3 Å². The molecule has 0 N–H and O–H groups in total. The van der Waals surface area contributed by atoms with Crippen LogP contribution in [0.4, 0.5) is 0 Å². The van der Waals surface area contributed by atoms with Gasteiger partial charge < -0.3 is 56.9 Å². The zero-order valence-corrected chi connectivity index (χ0v) is 18.3. The molecule has 0 unspecified atom stereocenters. The molecule has 0 aromatic heterocycles. The van der Waals surface area contributed by atoms with E-state index in [9.17, 15) is 0 Å². The molecule has 0 fully saturated rings. The average molecular weight is 513 g/mol. The SMILES string of the molecule is C[C-](C)CP(C)C.[Br-].[Br-].[Br-].[C-]1=CC=CC1.[Zr+3].